The molecular weight excluding hydrogens is 242 g/mol. The van der Waals surface area contributed by atoms with E-state index in [1.807, 2.05) is 42.8 Å². The Morgan fingerprint density at radius 1 is 1.11 bits per heavy atom. The van der Waals surface area contributed by atoms with Crippen LogP contribution in [0.15, 0.2) is 47.6 Å². The van der Waals surface area contributed by atoms with Crippen molar-refractivity contribution >= 4 is 11.8 Å². The van der Waals surface area contributed by atoms with E-state index in [4.69, 9.17) is 4.74 Å². The zero-order valence-electron chi connectivity index (χ0n) is 10.3. The fourth-order valence-electron chi connectivity index (χ4n) is 1.44. The third kappa shape index (κ3) is 3.28. The topological polar surface area (TPSA) is 22.1 Å². The molecule has 90 valence electrons. The van der Waals surface area contributed by atoms with E-state index in [2.05, 4.69) is 16.8 Å². The zero-order valence-corrected chi connectivity index (χ0v) is 11.1. The van der Waals surface area contributed by atoms with E-state index in [0.29, 0.717) is 0 Å². The van der Waals surface area contributed by atoms with Crippen molar-refractivity contribution in [2.75, 3.05) is 13.4 Å². The van der Waals surface area contributed by atoms with Crippen LogP contribution in [0.25, 0.3) is 0 Å². The van der Waals surface area contributed by atoms with E-state index in [-0.39, 0.29) is 0 Å². The predicted octanol–water partition coefficient (Wildman–Crippen LogP) is 3.21. The van der Waals surface area contributed by atoms with Gasteiger partial charge in [-0.1, -0.05) is 17.9 Å². The van der Waals surface area contributed by atoms with Gasteiger partial charge in [0, 0.05) is 28.4 Å². The van der Waals surface area contributed by atoms with Gasteiger partial charge < -0.3 is 4.74 Å². The number of hydrogen-bond acceptors (Lipinski definition) is 3. The largest absolute Gasteiger partial charge is 0.497 e. The molecule has 0 bridgehead atoms. The molecule has 0 spiro atoms. The number of thioether (sulfide) groups is 1. The van der Waals surface area contributed by atoms with Crippen LogP contribution in [0.2, 0.25) is 0 Å². The van der Waals surface area contributed by atoms with Crippen molar-refractivity contribution in [1.82, 2.24) is 4.98 Å². The maximum atomic E-state index is 5.16. The molecule has 0 amide bonds. The summed E-state index contributed by atoms with van der Waals surface area (Å²) in [7, 11) is 1.65. The summed E-state index contributed by atoms with van der Waals surface area (Å²) in [6.07, 6.45) is 5.63. The quantitative estimate of drug-likeness (QED) is 0.607. The Kier molecular flexibility index (Phi) is 4.27. The van der Waals surface area contributed by atoms with E-state index in [9.17, 15) is 0 Å². The van der Waals surface area contributed by atoms with Gasteiger partial charge in [0.05, 0.1) is 7.11 Å². The second-order valence-electron chi connectivity index (χ2n) is 3.60. The first-order valence-electron chi connectivity index (χ1n) is 5.47. The fraction of sp³-hybridized carbons (Fsp3) is 0.133. The summed E-state index contributed by atoms with van der Waals surface area (Å²) in [5.41, 5.74) is 1.86. The van der Waals surface area contributed by atoms with Gasteiger partial charge in [0.2, 0.25) is 0 Å². The Labute approximate surface area is 111 Å². The molecule has 0 saturated carbocycles. The molecule has 0 aliphatic rings. The molecule has 0 radical (unpaired) electrons. The summed E-state index contributed by atoms with van der Waals surface area (Å²) in [5.74, 6) is 7.03. The average Bonchev–Trinajstić information content (AvgIpc) is 2.45. The van der Waals surface area contributed by atoms with Crippen LogP contribution >= 0.6 is 11.8 Å². The number of hydrogen-bond donors (Lipinski definition) is 0. The molecule has 0 unspecified atom stereocenters. The summed E-state index contributed by atoms with van der Waals surface area (Å²) in [6.45, 7) is 0. The average molecular weight is 255 g/mol. The van der Waals surface area contributed by atoms with E-state index in [1.54, 1.807) is 25.1 Å². The molecule has 0 fully saturated rings. The normalized spacial score (nSPS) is 9.44. The molecule has 1 aromatic carbocycles. The lowest BCUT2D eigenvalue weighted by atomic mass is 10.2. The lowest BCUT2D eigenvalue weighted by Gasteiger charge is -1.98. The van der Waals surface area contributed by atoms with Crippen molar-refractivity contribution < 1.29 is 4.74 Å². The molecule has 2 rings (SSSR count). The van der Waals surface area contributed by atoms with Gasteiger partial charge in [-0.15, -0.1) is 11.8 Å². The highest BCUT2D eigenvalue weighted by Crippen LogP contribution is 2.14. The number of pyridine rings is 1. The second-order valence-corrected chi connectivity index (χ2v) is 4.48. The summed E-state index contributed by atoms with van der Waals surface area (Å²) in [4.78, 5) is 5.27. The van der Waals surface area contributed by atoms with Gasteiger partial charge in [-0.25, -0.2) is 0 Å². The third-order valence-corrected chi connectivity index (χ3v) is 3.06. The molecule has 0 saturated heterocycles. The molecule has 0 aliphatic heterocycles. The van der Waals surface area contributed by atoms with Crippen LogP contribution < -0.4 is 4.74 Å². The Morgan fingerprint density at radius 2 is 1.94 bits per heavy atom. The van der Waals surface area contributed by atoms with Crippen molar-refractivity contribution in [3.63, 3.8) is 0 Å². The van der Waals surface area contributed by atoms with Gasteiger partial charge in [-0.3, -0.25) is 4.98 Å². The van der Waals surface area contributed by atoms with Gasteiger partial charge in [-0.2, -0.15) is 0 Å². The minimum absolute atomic E-state index is 0.817. The molecule has 0 N–H and O–H groups in total. The Hall–Kier alpha value is -1.92. The van der Waals surface area contributed by atoms with Crippen LogP contribution in [-0.4, -0.2) is 18.3 Å². The summed E-state index contributed by atoms with van der Waals surface area (Å²) < 4.78 is 5.16. The molecule has 0 aliphatic carbocycles. The first-order chi connectivity index (χ1) is 8.81. The summed E-state index contributed by atoms with van der Waals surface area (Å²) in [5, 5.41) is 0. The van der Waals surface area contributed by atoms with Gasteiger partial charge in [0.15, 0.2) is 0 Å². The maximum absolute atomic E-state index is 5.16. The smallest absolute Gasteiger partial charge is 0.120 e. The second kappa shape index (κ2) is 6.13. The van der Waals surface area contributed by atoms with Crippen LogP contribution in [-0.2, 0) is 0 Å². The lowest BCUT2D eigenvalue weighted by molar-refractivity contribution is 0.414. The minimum atomic E-state index is 0.817. The Morgan fingerprint density at radius 3 is 2.72 bits per heavy atom. The first-order valence-corrected chi connectivity index (χ1v) is 6.69. The molecule has 2 aromatic rings. The Bertz CT molecular complexity index is 547. The van der Waals surface area contributed by atoms with Crippen molar-refractivity contribution in [2.24, 2.45) is 0 Å². The van der Waals surface area contributed by atoms with Gasteiger partial charge in [0.1, 0.15) is 5.75 Å². The predicted molar refractivity (Wildman–Crippen MR) is 75.0 cm³/mol. The summed E-state index contributed by atoms with van der Waals surface area (Å²) >= 11 is 1.66. The van der Waals surface area contributed by atoms with Crippen molar-refractivity contribution in [3.8, 4) is 17.6 Å². The zero-order chi connectivity index (χ0) is 12.8. The van der Waals surface area contributed by atoms with Crippen LogP contribution in [0.3, 0.4) is 0 Å². The molecule has 3 heteroatoms. The monoisotopic (exact) mass is 255 g/mol. The standard InChI is InChI=1S/C15H13NOS/c1-17-14-5-3-4-12(8-14)6-7-13-9-15(18-2)11-16-10-13/h3-5,8-11H,1-2H3. The fourth-order valence-corrected chi connectivity index (χ4v) is 1.86. The number of nitrogens with zero attached hydrogens (tertiary/aromatic N) is 1. The highest BCUT2D eigenvalue weighted by Gasteiger charge is 1.93. The number of aromatic nitrogens is 1. The number of benzene rings is 1. The van der Waals surface area contributed by atoms with Crippen LogP contribution in [0.4, 0.5) is 0 Å². The molecule has 0 atom stereocenters. The van der Waals surface area contributed by atoms with E-state index in [1.165, 1.54) is 0 Å². The van der Waals surface area contributed by atoms with Gasteiger partial charge in [0.25, 0.3) is 0 Å². The first kappa shape index (κ1) is 12.5. The minimum Gasteiger partial charge on any atom is -0.497 e. The van der Waals surface area contributed by atoms with Crippen molar-refractivity contribution in [1.29, 1.82) is 0 Å². The molecule has 1 heterocycles. The van der Waals surface area contributed by atoms with Crippen molar-refractivity contribution in [3.05, 3.63) is 53.9 Å². The van der Waals surface area contributed by atoms with Gasteiger partial charge >= 0.3 is 0 Å². The number of methoxy groups -OCH3 is 1. The van der Waals surface area contributed by atoms with Crippen LogP contribution in [0.1, 0.15) is 11.1 Å². The van der Waals surface area contributed by atoms with E-state index < -0.39 is 0 Å². The number of ether oxygens (including phenoxy) is 1. The highest BCUT2D eigenvalue weighted by molar-refractivity contribution is 7.98. The summed E-state index contributed by atoms with van der Waals surface area (Å²) in [6, 6.07) is 9.74. The maximum Gasteiger partial charge on any atom is 0.120 e. The van der Waals surface area contributed by atoms with Gasteiger partial charge in [-0.05, 0) is 30.5 Å². The highest BCUT2D eigenvalue weighted by atomic mass is 32.2. The van der Waals surface area contributed by atoms with Crippen LogP contribution in [0, 0.1) is 11.8 Å². The van der Waals surface area contributed by atoms with E-state index >= 15 is 0 Å². The number of rotatable bonds is 2. The SMILES string of the molecule is COc1cccc(C#Cc2cncc(SC)c2)c1. The molecular formula is C15H13NOS. The third-order valence-electron chi connectivity index (χ3n) is 2.37. The van der Waals surface area contributed by atoms with E-state index in [0.717, 1.165) is 21.8 Å². The molecule has 18 heavy (non-hydrogen) atoms. The molecule has 2 nitrogen and oxygen atoms in total. The van der Waals surface area contributed by atoms with Crippen LogP contribution in [0.5, 0.6) is 5.75 Å². The Balaban J connectivity index is 2.24. The van der Waals surface area contributed by atoms with Crippen molar-refractivity contribution in [2.45, 2.75) is 4.90 Å². The molecule has 1 aromatic heterocycles. The lowest BCUT2D eigenvalue weighted by Crippen LogP contribution is -1.83.